The van der Waals surface area contributed by atoms with Crippen LogP contribution in [0.3, 0.4) is 0 Å². The molecule has 1 saturated carbocycles. The lowest BCUT2D eigenvalue weighted by Crippen LogP contribution is -2.41. The van der Waals surface area contributed by atoms with Crippen molar-refractivity contribution in [3.05, 3.63) is 35.5 Å². The first-order valence-corrected chi connectivity index (χ1v) is 8.81. The molecule has 0 radical (unpaired) electrons. The maximum Gasteiger partial charge on any atom is 0.255 e. The van der Waals surface area contributed by atoms with Crippen LogP contribution in [0.2, 0.25) is 0 Å². The van der Waals surface area contributed by atoms with Gasteiger partial charge in [-0.15, -0.1) is 0 Å². The van der Waals surface area contributed by atoms with Crippen LogP contribution in [-0.2, 0) is 11.3 Å². The van der Waals surface area contributed by atoms with Gasteiger partial charge in [0.25, 0.3) is 5.91 Å². The molecule has 1 aliphatic heterocycles. The van der Waals surface area contributed by atoms with E-state index in [0.29, 0.717) is 36.1 Å². The van der Waals surface area contributed by atoms with E-state index < -0.39 is 0 Å². The number of carbonyl (C=O) groups is 2. The topological polar surface area (TPSA) is 94.2 Å². The van der Waals surface area contributed by atoms with Gasteiger partial charge in [-0.05, 0) is 31.7 Å². The summed E-state index contributed by atoms with van der Waals surface area (Å²) < 4.78 is 0. The molecule has 0 bridgehead atoms. The first-order chi connectivity index (χ1) is 12.5. The Morgan fingerprint density at radius 1 is 1.35 bits per heavy atom. The van der Waals surface area contributed by atoms with Crippen LogP contribution in [0.4, 0.5) is 11.5 Å². The highest BCUT2D eigenvalue weighted by Gasteiger charge is 2.32. The van der Waals surface area contributed by atoms with Gasteiger partial charge in [0.2, 0.25) is 5.91 Å². The van der Waals surface area contributed by atoms with E-state index in [1.54, 1.807) is 35.3 Å². The van der Waals surface area contributed by atoms with Gasteiger partial charge in [0.1, 0.15) is 11.6 Å². The third-order valence-electron chi connectivity index (χ3n) is 4.74. The van der Waals surface area contributed by atoms with E-state index in [1.165, 1.54) is 0 Å². The van der Waals surface area contributed by atoms with Gasteiger partial charge in [-0.2, -0.15) is 0 Å². The van der Waals surface area contributed by atoms with Gasteiger partial charge in [-0.3, -0.25) is 9.59 Å². The fourth-order valence-corrected chi connectivity index (χ4v) is 3.12. The van der Waals surface area contributed by atoms with Gasteiger partial charge in [0, 0.05) is 31.7 Å². The molecule has 26 heavy (non-hydrogen) atoms. The average molecular weight is 354 g/mol. The lowest BCUT2D eigenvalue weighted by Gasteiger charge is -2.30. The molecule has 0 unspecified atom stereocenters. The molecule has 0 spiro atoms. The fraction of sp³-hybridized carbons (Fsp3) is 0.444. The van der Waals surface area contributed by atoms with E-state index in [9.17, 15) is 9.59 Å². The van der Waals surface area contributed by atoms with Crippen molar-refractivity contribution in [1.29, 1.82) is 0 Å². The van der Waals surface area contributed by atoms with Crippen molar-refractivity contribution in [2.45, 2.75) is 26.3 Å². The number of aryl methyl sites for hydroxylation is 1. The molecule has 2 aromatic heterocycles. The van der Waals surface area contributed by atoms with E-state index in [1.807, 2.05) is 6.92 Å². The summed E-state index contributed by atoms with van der Waals surface area (Å²) in [4.78, 5) is 40.2. The number of fused-ring (bicyclic) bond motifs is 1. The monoisotopic (exact) mass is 354 g/mol. The largest absolute Gasteiger partial charge is 0.359 e. The molecule has 2 amide bonds. The van der Waals surface area contributed by atoms with Crippen LogP contribution in [0.5, 0.6) is 0 Å². The van der Waals surface area contributed by atoms with Crippen molar-refractivity contribution in [3.8, 4) is 0 Å². The third-order valence-corrected chi connectivity index (χ3v) is 4.74. The minimum Gasteiger partial charge on any atom is -0.359 e. The molecular weight excluding hydrogens is 332 g/mol. The molecule has 1 fully saturated rings. The van der Waals surface area contributed by atoms with Crippen molar-refractivity contribution in [3.63, 3.8) is 0 Å². The second-order valence-corrected chi connectivity index (χ2v) is 7.07. The maximum atomic E-state index is 12.8. The average Bonchev–Trinajstić information content (AvgIpc) is 3.36. The Morgan fingerprint density at radius 3 is 2.85 bits per heavy atom. The van der Waals surface area contributed by atoms with Crippen LogP contribution in [0, 0.1) is 12.8 Å². The van der Waals surface area contributed by atoms with Crippen LogP contribution in [0.25, 0.3) is 0 Å². The number of aromatic amines is 1. The predicted octanol–water partition coefficient (Wildman–Crippen LogP) is 1.55. The van der Waals surface area contributed by atoms with Gasteiger partial charge in [-0.1, -0.05) is 0 Å². The Hall–Kier alpha value is -2.90. The molecule has 0 atom stereocenters. The number of nitrogens with zero attached hydrogens (tertiary/aromatic N) is 4. The molecule has 0 aromatic carbocycles. The molecule has 0 saturated heterocycles. The van der Waals surface area contributed by atoms with E-state index >= 15 is 0 Å². The third kappa shape index (κ3) is 3.26. The zero-order valence-corrected chi connectivity index (χ0v) is 15.0. The van der Waals surface area contributed by atoms with Crippen molar-refractivity contribution < 1.29 is 9.59 Å². The molecule has 2 aromatic rings. The Kier molecular flexibility index (Phi) is 4.10. The Morgan fingerprint density at radius 2 is 2.15 bits per heavy atom. The number of H-pyrrole nitrogens is 1. The van der Waals surface area contributed by atoms with Crippen LogP contribution in [0.1, 0.15) is 34.7 Å². The standard InChI is InChI=1S/C18H22N6O2/c1-11-6-19-15(22-11)10-23(2)18(26)13-5-14-17(20-7-13)21-8-16(25)24(14)9-12-3-4-12/h5-7,12H,3-4,8-10H2,1-2H3,(H,19,22)(H,20,21). The molecule has 1 aliphatic carbocycles. The van der Waals surface area contributed by atoms with Crippen LogP contribution >= 0.6 is 0 Å². The summed E-state index contributed by atoms with van der Waals surface area (Å²) in [7, 11) is 1.73. The lowest BCUT2D eigenvalue weighted by molar-refractivity contribution is -0.117. The van der Waals surface area contributed by atoms with Crippen molar-refractivity contribution in [2.75, 3.05) is 30.4 Å². The van der Waals surface area contributed by atoms with Crippen LogP contribution < -0.4 is 10.2 Å². The Bertz CT molecular complexity index is 857. The summed E-state index contributed by atoms with van der Waals surface area (Å²) >= 11 is 0. The SMILES string of the molecule is Cc1cnc(CN(C)C(=O)c2cnc3c(c2)N(CC2CC2)C(=O)CN3)[nH]1. The molecule has 2 aliphatic rings. The molecule has 136 valence electrons. The van der Waals surface area contributed by atoms with Crippen molar-refractivity contribution in [2.24, 2.45) is 5.92 Å². The number of nitrogens with one attached hydrogen (secondary N) is 2. The number of anilines is 2. The van der Waals surface area contributed by atoms with E-state index in [-0.39, 0.29) is 18.4 Å². The van der Waals surface area contributed by atoms with Crippen LogP contribution in [-0.4, -0.2) is 51.8 Å². The quantitative estimate of drug-likeness (QED) is 0.850. The summed E-state index contributed by atoms with van der Waals surface area (Å²) in [5, 5.41) is 3.03. The number of aromatic nitrogens is 3. The summed E-state index contributed by atoms with van der Waals surface area (Å²) in [6.45, 7) is 3.25. The first-order valence-electron chi connectivity index (χ1n) is 8.81. The summed E-state index contributed by atoms with van der Waals surface area (Å²) in [6.07, 6.45) is 5.61. The highest BCUT2D eigenvalue weighted by atomic mass is 16.2. The highest BCUT2D eigenvalue weighted by Crippen LogP contribution is 2.35. The van der Waals surface area contributed by atoms with Gasteiger partial charge in [0.05, 0.1) is 24.3 Å². The summed E-state index contributed by atoms with van der Waals surface area (Å²) in [5.41, 5.74) is 2.12. The number of carbonyl (C=O) groups excluding carboxylic acids is 2. The zero-order valence-electron chi connectivity index (χ0n) is 15.0. The minimum atomic E-state index is -0.154. The number of amides is 2. The number of hydrogen-bond acceptors (Lipinski definition) is 5. The Balaban J connectivity index is 1.55. The Labute approximate surface area is 151 Å². The number of pyridine rings is 1. The summed E-state index contributed by atoms with van der Waals surface area (Å²) in [5.74, 6) is 1.82. The highest BCUT2D eigenvalue weighted by molar-refractivity contribution is 6.04. The zero-order chi connectivity index (χ0) is 18.3. The molecule has 2 N–H and O–H groups in total. The van der Waals surface area contributed by atoms with Gasteiger partial charge in [0.15, 0.2) is 0 Å². The molecular formula is C18H22N6O2. The normalized spacial score (nSPS) is 16.2. The van der Waals surface area contributed by atoms with Gasteiger partial charge >= 0.3 is 0 Å². The van der Waals surface area contributed by atoms with Gasteiger partial charge < -0.3 is 20.1 Å². The molecule has 3 heterocycles. The summed E-state index contributed by atoms with van der Waals surface area (Å²) in [6, 6.07) is 1.76. The van der Waals surface area contributed by atoms with Crippen LogP contribution in [0.15, 0.2) is 18.5 Å². The van der Waals surface area contributed by atoms with Crippen molar-refractivity contribution >= 4 is 23.3 Å². The van der Waals surface area contributed by atoms with E-state index in [0.717, 1.165) is 24.4 Å². The van der Waals surface area contributed by atoms with E-state index in [4.69, 9.17) is 0 Å². The molecule has 8 nitrogen and oxygen atoms in total. The van der Waals surface area contributed by atoms with E-state index in [2.05, 4.69) is 20.3 Å². The number of rotatable bonds is 5. The maximum absolute atomic E-state index is 12.8. The second kappa shape index (κ2) is 6.44. The fourth-order valence-electron chi connectivity index (χ4n) is 3.12. The predicted molar refractivity (Wildman–Crippen MR) is 96.9 cm³/mol. The number of imidazole rings is 1. The van der Waals surface area contributed by atoms with Crippen molar-refractivity contribution in [1.82, 2.24) is 19.9 Å². The van der Waals surface area contributed by atoms with Gasteiger partial charge in [-0.25, -0.2) is 9.97 Å². The smallest absolute Gasteiger partial charge is 0.255 e. The molecule has 8 heteroatoms. The molecule has 4 rings (SSSR count). The lowest BCUT2D eigenvalue weighted by atomic mass is 10.1. The number of hydrogen-bond donors (Lipinski definition) is 2. The minimum absolute atomic E-state index is 0.0233. The first kappa shape index (κ1) is 16.6. The second-order valence-electron chi connectivity index (χ2n) is 7.07.